The number of nitrogens with zero attached hydrogens (tertiary/aromatic N) is 1. The molecule has 1 aliphatic rings. The lowest BCUT2D eigenvalue weighted by Crippen LogP contribution is -2.43. The molecule has 128 valence electrons. The molecule has 0 aromatic rings. The van der Waals surface area contributed by atoms with E-state index in [0.29, 0.717) is 5.92 Å². The number of ether oxygens (including phenoxy) is 1. The molecule has 2 amide bonds. The summed E-state index contributed by atoms with van der Waals surface area (Å²) in [6.45, 7) is 0.165. The first kappa shape index (κ1) is 18.7. The smallest absolute Gasteiger partial charge is 0.368 e. The fraction of sp³-hybridized carbons (Fsp3) is 0.857. The minimum absolute atomic E-state index is 0.0418. The van der Waals surface area contributed by atoms with Crippen molar-refractivity contribution in [2.24, 2.45) is 5.92 Å². The van der Waals surface area contributed by atoms with Crippen molar-refractivity contribution in [3.8, 4) is 0 Å². The van der Waals surface area contributed by atoms with Crippen LogP contribution in [0.15, 0.2) is 0 Å². The minimum atomic E-state index is -4.46. The molecule has 0 aromatic heterocycles. The predicted molar refractivity (Wildman–Crippen MR) is 74.1 cm³/mol. The zero-order chi connectivity index (χ0) is 16.8. The molecule has 0 bridgehead atoms. The Labute approximate surface area is 128 Å². The third kappa shape index (κ3) is 7.63. The average molecular weight is 324 g/mol. The number of rotatable bonds is 6. The Bertz CT molecular complexity index is 388. The van der Waals surface area contributed by atoms with E-state index in [2.05, 4.69) is 6.92 Å². The molecule has 0 spiro atoms. The third-order valence-corrected chi connectivity index (χ3v) is 3.62. The van der Waals surface area contributed by atoms with Crippen molar-refractivity contribution in [3.63, 3.8) is 0 Å². The number of likely N-dealkylation sites (N-methyl/N-ethyl adjacent to an activating group) is 1. The van der Waals surface area contributed by atoms with Gasteiger partial charge in [-0.25, -0.2) is 0 Å². The molecule has 22 heavy (non-hydrogen) atoms. The highest BCUT2D eigenvalue weighted by atomic mass is 19.4. The molecule has 0 aliphatic heterocycles. The van der Waals surface area contributed by atoms with Crippen molar-refractivity contribution in [2.45, 2.75) is 44.9 Å². The first-order chi connectivity index (χ1) is 10.2. The van der Waals surface area contributed by atoms with E-state index in [4.69, 9.17) is 4.74 Å². The molecule has 1 fully saturated rings. The van der Waals surface area contributed by atoms with E-state index < -0.39 is 31.1 Å². The van der Waals surface area contributed by atoms with Gasteiger partial charge in [-0.2, -0.15) is 13.2 Å². The first-order valence-electron chi connectivity index (χ1n) is 7.36. The highest BCUT2D eigenvalue weighted by molar-refractivity contribution is 5.85. The van der Waals surface area contributed by atoms with E-state index in [0.717, 1.165) is 30.6 Å². The number of amides is 2. The van der Waals surface area contributed by atoms with E-state index in [1.54, 1.807) is 5.32 Å². The molecule has 0 saturated heterocycles. The molecule has 0 aromatic carbocycles. The van der Waals surface area contributed by atoms with Crippen LogP contribution in [0.25, 0.3) is 0 Å². The van der Waals surface area contributed by atoms with Crippen molar-refractivity contribution < 1.29 is 27.5 Å². The van der Waals surface area contributed by atoms with Gasteiger partial charge in [-0.05, 0) is 18.8 Å². The molecule has 2 unspecified atom stereocenters. The van der Waals surface area contributed by atoms with E-state index in [-0.39, 0.29) is 12.7 Å². The summed E-state index contributed by atoms with van der Waals surface area (Å²) in [6.07, 6.45) is -0.377. The molecule has 1 aliphatic carbocycles. The van der Waals surface area contributed by atoms with E-state index in [1.807, 2.05) is 0 Å². The van der Waals surface area contributed by atoms with Gasteiger partial charge in [-0.15, -0.1) is 0 Å². The Morgan fingerprint density at radius 1 is 1.32 bits per heavy atom. The van der Waals surface area contributed by atoms with Crippen LogP contribution in [0.2, 0.25) is 0 Å². The van der Waals surface area contributed by atoms with Crippen LogP contribution >= 0.6 is 0 Å². The Morgan fingerprint density at radius 3 is 2.59 bits per heavy atom. The fourth-order valence-corrected chi connectivity index (χ4v) is 2.39. The second kappa shape index (κ2) is 8.36. The number of alkyl halides is 3. The van der Waals surface area contributed by atoms with Crippen molar-refractivity contribution in [2.75, 3.05) is 26.7 Å². The highest BCUT2D eigenvalue weighted by Gasteiger charge is 2.28. The molecule has 1 saturated carbocycles. The quantitative estimate of drug-likeness (QED) is 0.809. The summed E-state index contributed by atoms with van der Waals surface area (Å²) in [5.74, 6) is -0.695. The number of carbonyl (C=O) groups is 2. The van der Waals surface area contributed by atoms with Crippen LogP contribution < -0.4 is 5.32 Å². The summed E-state index contributed by atoms with van der Waals surface area (Å²) in [5.41, 5.74) is 0. The SMILES string of the molecule is CC1CCCC(OCC(=O)N(C)CC(=O)NCC(F)(F)F)C1. The van der Waals surface area contributed by atoms with Crippen LogP contribution in [-0.4, -0.2) is 55.7 Å². The second-order valence-electron chi connectivity index (χ2n) is 5.85. The van der Waals surface area contributed by atoms with Gasteiger partial charge in [-0.3, -0.25) is 9.59 Å². The molecule has 0 radical (unpaired) electrons. The molecule has 2 atom stereocenters. The minimum Gasteiger partial charge on any atom is -0.368 e. The van der Waals surface area contributed by atoms with Gasteiger partial charge in [0.15, 0.2) is 0 Å². The number of nitrogens with one attached hydrogen (secondary N) is 1. The van der Waals surface area contributed by atoms with E-state index in [1.165, 1.54) is 7.05 Å². The van der Waals surface area contributed by atoms with Gasteiger partial charge in [-0.1, -0.05) is 19.8 Å². The summed E-state index contributed by atoms with van der Waals surface area (Å²) in [5, 5.41) is 1.72. The monoisotopic (exact) mass is 324 g/mol. The summed E-state index contributed by atoms with van der Waals surface area (Å²) in [7, 11) is 1.36. The van der Waals surface area contributed by atoms with Gasteiger partial charge in [0.25, 0.3) is 0 Å². The van der Waals surface area contributed by atoms with Crippen LogP contribution in [0, 0.1) is 5.92 Å². The first-order valence-corrected chi connectivity index (χ1v) is 7.36. The van der Waals surface area contributed by atoms with Crippen molar-refractivity contribution >= 4 is 11.8 Å². The van der Waals surface area contributed by atoms with Crippen LogP contribution in [0.1, 0.15) is 32.6 Å². The predicted octanol–water partition coefficient (Wildman–Crippen LogP) is 1.72. The zero-order valence-electron chi connectivity index (χ0n) is 12.9. The summed E-state index contributed by atoms with van der Waals surface area (Å²) in [6, 6.07) is 0. The lowest BCUT2D eigenvalue weighted by Gasteiger charge is -2.27. The van der Waals surface area contributed by atoms with Gasteiger partial charge < -0.3 is 15.0 Å². The van der Waals surface area contributed by atoms with Gasteiger partial charge >= 0.3 is 6.18 Å². The van der Waals surface area contributed by atoms with Crippen LogP contribution in [-0.2, 0) is 14.3 Å². The van der Waals surface area contributed by atoms with Gasteiger partial charge in [0, 0.05) is 7.05 Å². The average Bonchev–Trinajstić information content (AvgIpc) is 2.42. The zero-order valence-corrected chi connectivity index (χ0v) is 12.9. The molecule has 1 rings (SSSR count). The maximum Gasteiger partial charge on any atom is 0.405 e. The largest absolute Gasteiger partial charge is 0.405 e. The molecule has 5 nitrogen and oxygen atoms in total. The lowest BCUT2D eigenvalue weighted by atomic mass is 9.89. The fourth-order valence-electron chi connectivity index (χ4n) is 2.39. The summed E-state index contributed by atoms with van der Waals surface area (Å²) >= 11 is 0. The Balaban J connectivity index is 2.25. The maximum atomic E-state index is 12.0. The van der Waals surface area contributed by atoms with Gasteiger partial charge in [0.2, 0.25) is 11.8 Å². The summed E-state index contributed by atoms with van der Waals surface area (Å²) < 4.78 is 41.4. The number of carbonyl (C=O) groups excluding carboxylic acids is 2. The van der Waals surface area contributed by atoms with Crippen LogP contribution in [0.5, 0.6) is 0 Å². The van der Waals surface area contributed by atoms with E-state index in [9.17, 15) is 22.8 Å². The topological polar surface area (TPSA) is 58.6 Å². The van der Waals surface area contributed by atoms with E-state index >= 15 is 0 Å². The van der Waals surface area contributed by atoms with Gasteiger partial charge in [0.05, 0.1) is 12.6 Å². The van der Waals surface area contributed by atoms with Crippen LogP contribution in [0.4, 0.5) is 13.2 Å². The molecular weight excluding hydrogens is 301 g/mol. The molecule has 0 heterocycles. The van der Waals surface area contributed by atoms with Crippen molar-refractivity contribution in [1.82, 2.24) is 10.2 Å². The van der Waals surface area contributed by atoms with Crippen molar-refractivity contribution in [3.05, 3.63) is 0 Å². The molecular formula is C14H23F3N2O3. The Kier molecular flexibility index (Phi) is 7.12. The van der Waals surface area contributed by atoms with Crippen LogP contribution in [0.3, 0.4) is 0 Å². The van der Waals surface area contributed by atoms with Crippen molar-refractivity contribution in [1.29, 1.82) is 0 Å². The van der Waals surface area contributed by atoms with Gasteiger partial charge in [0.1, 0.15) is 13.2 Å². The number of hydrogen-bond donors (Lipinski definition) is 1. The number of halogens is 3. The third-order valence-electron chi connectivity index (χ3n) is 3.62. The lowest BCUT2D eigenvalue weighted by molar-refractivity contribution is -0.144. The normalized spacial score (nSPS) is 22.2. The Morgan fingerprint density at radius 2 is 2.00 bits per heavy atom. The molecule has 1 N–H and O–H groups in total. The second-order valence-corrected chi connectivity index (χ2v) is 5.85. The Hall–Kier alpha value is -1.31. The highest BCUT2D eigenvalue weighted by Crippen LogP contribution is 2.25. The maximum absolute atomic E-state index is 12.0. The number of hydrogen-bond acceptors (Lipinski definition) is 3. The summed E-state index contributed by atoms with van der Waals surface area (Å²) in [4.78, 5) is 24.2. The molecule has 8 heteroatoms. The standard InChI is InChI=1S/C14H23F3N2O3/c1-10-4-3-5-11(6-10)22-8-13(21)19(2)7-12(20)18-9-14(15,16)17/h10-11H,3-9H2,1-2H3,(H,18,20).